The molecule has 3 rings (SSSR count). The molecule has 0 unspecified atom stereocenters. The highest BCUT2D eigenvalue weighted by Gasteiger charge is 2.31. The van der Waals surface area contributed by atoms with Crippen molar-refractivity contribution in [3.63, 3.8) is 0 Å². The van der Waals surface area contributed by atoms with Gasteiger partial charge in [0.2, 0.25) is 11.8 Å². The molecule has 7 nitrogen and oxygen atoms in total. The van der Waals surface area contributed by atoms with E-state index >= 15 is 0 Å². The minimum Gasteiger partial charge on any atom is -0.347 e. The highest BCUT2D eigenvalue weighted by Crippen LogP contribution is 2.27. The van der Waals surface area contributed by atoms with Gasteiger partial charge in [-0.1, -0.05) is 18.9 Å². The van der Waals surface area contributed by atoms with E-state index in [1.807, 2.05) is 28.8 Å². The van der Waals surface area contributed by atoms with Crippen LogP contribution >= 0.6 is 0 Å². The molecule has 0 spiro atoms. The molecule has 0 saturated heterocycles. The number of hydrogen-bond donors (Lipinski definition) is 2. The molecule has 7 heteroatoms. The number of carbonyl (C=O) groups excluding carboxylic acids is 2. The summed E-state index contributed by atoms with van der Waals surface area (Å²) in [4.78, 5) is 23.9. The normalized spacial score (nSPS) is 16.4. The van der Waals surface area contributed by atoms with Crippen molar-refractivity contribution >= 4 is 17.5 Å². The van der Waals surface area contributed by atoms with Crippen molar-refractivity contribution in [2.75, 3.05) is 0 Å². The summed E-state index contributed by atoms with van der Waals surface area (Å²) in [7, 11) is 0. The molecule has 1 atom stereocenters. The van der Waals surface area contributed by atoms with E-state index in [-0.39, 0.29) is 24.3 Å². The lowest BCUT2D eigenvalue weighted by Crippen LogP contribution is -2.49. The van der Waals surface area contributed by atoms with Crippen molar-refractivity contribution in [3.8, 4) is 0 Å². The van der Waals surface area contributed by atoms with Gasteiger partial charge < -0.3 is 10.6 Å². The third-order valence-electron chi connectivity index (χ3n) is 4.32. The summed E-state index contributed by atoms with van der Waals surface area (Å²) in [5.41, 5.74) is 0.742. The molecule has 0 aliphatic heterocycles. The molecule has 122 valence electrons. The third kappa shape index (κ3) is 3.49. The number of pyridine rings is 1. The van der Waals surface area contributed by atoms with Gasteiger partial charge in [-0.2, -0.15) is 0 Å². The minimum atomic E-state index is -0.464. The van der Waals surface area contributed by atoms with E-state index in [1.165, 1.54) is 6.92 Å². The number of nitrogens with zero attached hydrogens (tertiary/aromatic N) is 3. The number of nitrogens with one attached hydrogen (secondary N) is 2. The molecule has 1 fully saturated rings. The first-order valence-corrected chi connectivity index (χ1v) is 7.98. The van der Waals surface area contributed by atoms with Crippen LogP contribution in [0, 0.1) is 5.92 Å². The zero-order chi connectivity index (χ0) is 16.2. The molecule has 2 N–H and O–H groups in total. The summed E-state index contributed by atoms with van der Waals surface area (Å²) in [5.74, 6) is 0.556. The molecule has 1 saturated carbocycles. The summed E-state index contributed by atoms with van der Waals surface area (Å²) in [6, 6.07) is 5.17. The second-order valence-corrected chi connectivity index (χ2v) is 5.99. The fourth-order valence-corrected chi connectivity index (χ4v) is 3.19. The quantitative estimate of drug-likeness (QED) is 0.863. The Labute approximate surface area is 134 Å². The third-order valence-corrected chi connectivity index (χ3v) is 4.32. The van der Waals surface area contributed by atoms with Gasteiger partial charge in [0.1, 0.15) is 6.04 Å². The van der Waals surface area contributed by atoms with Crippen molar-refractivity contribution < 1.29 is 9.59 Å². The predicted octanol–water partition coefficient (Wildman–Crippen LogP) is 1.04. The van der Waals surface area contributed by atoms with Gasteiger partial charge in [0, 0.05) is 13.1 Å². The van der Waals surface area contributed by atoms with Crippen LogP contribution in [0.2, 0.25) is 0 Å². The SMILES string of the molecule is CC(=O)N[C@@H](C(=O)NCc1nnc2ccccn12)C1CCCC1. The Morgan fingerprint density at radius 1 is 1.30 bits per heavy atom. The molecule has 0 aromatic carbocycles. The van der Waals surface area contributed by atoms with Crippen molar-refractivity contribution in [3.05, 3.63) is 30.2 Å². The van der Waals surface area contributed by atoms with Crippen molar-refractivity contribution in [2.45, 2.75) is 45.2 Å². The first-order valence-electron chi connectivity index (χ1n) is 7.98. The lowest BCUT2D eigenvalue weighted by molar-refractivity contribution is -0.129. The Kier molecular flexibility index (Phi) is 4.55. The molecular formula is C16H21N5O2. The van der Waals surface area contributed by atoms with Gasteiger partial charge in [-0.3, -0.25) is 14.0 Å². The Balaban J connectivity index is 1.67. The highest BCUT2D eigenvalue weighted by atomic mass is 16.2. The maximum absolute atomic E-state index is 12.5. The second kappa shape index (κ2) is 6.76. The Morgan fingerprint density at radius 2 is 2.09 bits per heavy atom. The lowest BCUT2D eigenvalue weighted by Gasteiger charge is -2.23. The molecule has 1 aliphatic rings. The second-order valence-electron chi connectivity index (χ2n) is 5.99. The van der Waals surface area contributed by atoms with Crippen LogP contribution in [0.15, 0.2) is 24.4 Å². The van der Waals surface area contributed by atoms with Crippen LogP contribution in [-0.2, 0) is 16.1 Å². The Bertz CT molecular complexity index is 705. The monoisotopic (exact) mass is 315 g/mol. The lowest BCUT2D eigenvalue weighted by atomic mass is 9.97. The minimum absolute atomic E-state index is 0.153. The van der Waals surface area contributed by atoms with E-state index in [2.05, 4.69) is 20.8 Å². The number of hydrogen-bond acceptors (Lipinski definition) is 4. The number of aromatic nitrogens is 3. The van der Waals surface area contributed by atoms with Crippen LogP contribution in [0.5, 0.6) is 0 Å². The molecule has 2 amide bonds. The molecule has 0 radical (unpaired) electrons. The van der Waals surface area contributed by atoms with Gasteiger partial charge in [-0.15, -0.1) is 10.2 Å². The molecule has 2 heterocycles. The van der Waals surface area contributed by atoms with Crippen LogP contribution in [0.25, 0.3) is 5.65 Å². The summed E-state index contributed by atoms with van der Waals surface area (Å²) >= 11 is 0. The molecule has 2 aromatic heterocycles. The van der Waals surface area contributed by atoms with Gasteiger partial charge in [0.15, 0.2) is 11.5 Å². The molecular weight excluding hydrogens is 294 g/mol. The molecule has 23 heavy (non-hydrogen) atoms. The van der Waals surface area contributed by atoms with E-state index in [4.69, 9.17) is 0 Å². The zero-order valence-corrected chi connectivity index (χ0v) is 13.2. The summed E-state index contributed by atoms with van der Waals surface area (Å²) in [6.07, 6.45) is 6.04. The summed E-state index contributed by atoms with van der Waals surface area (Å²) in [5, 5.41) is 13.8. The van der Waals surface area contributed by atoms with E-state index in [0.717, 1.165) is 31.3 Å². The Morgan fingerprint density at radius 3 is 2.83 bits per heavy atom. The number of amides is 2. The zero-order valence-electron chi connectivity index (χ0n) is 13.2. The fourth-order valence-electron chi connectivity index (χ4n) is 3.19. The largest absolute Gasteiger partial charge is 0.347 e. The van der Waals surface area contributed by atoms with Crippen LogP contribution < -0.4 is 10.6 Å². The Hall–Kier alpha value is -2.44. The first kappa shape index (κ1) is 15.5. The van der Waals surface area contributed by atoms with Crippen LogP contribution in [0.4, 0.5) is 0 Å². The van der Waals surface area contributed by atoms with Crippen molar-refractivity contribution in [1.29, 1.82) is 0 Å². The summed E-state index contributed by atoms with van der Waals surface area (Å²) in [6.45, 7) is 1.73. The number of fused-ring (bicyclic) bond motifs is 1. The molecule has 1 aliphatic carbocycles. The van der Waals surface area contributed by atoms with E-state index < -0.39 is 6.04 Å². The van der Waals surface area contributed by atoms with Crippen LogP contribution in [-0.4, -0.2) is 32.5 Å². The first-order chi connectivity index (χ1) is 11.1. The van der Waals surface area contributed by atoms with Gasteiger partial charge in [0.05, 0.1) is 6.54 Å². The van der Waals surface area contributed by atoms with Gasteiger partial charge in [-0.05, 0) is 30.9 Å². The van der Waals surface area contributed by atoms with Crippen LogP contribution in [0.1, 0.15) is 38.4 Å². The van der Waals surface area contributed by atoms with Crippen molar-refractivity contribution in [1.82, 2.24) is 25.2 Å². The van der Waals surface area contributed by atoms with E-state index in [9.17, 15) is 9.59 Å². The average molecular weight is 315 g/mol. The smallest absolute Gasteiger partial charge is 0.243 e. The molecule has 0 bridgehead atoms. The van der Waals surface area contributed by atoms with Gasteiger partial charge in [0.25, 0.3) is 0 Å². The predicted molar refractivity (Wildman–Crippen MR) is 84.4 cm³/mol. The van der Waals surface area contributed by atoms with Crippen LogP contribution in [0.3, 0.4) is 0 Å². The van der Waals surface area contributed by atoms with Gasteiger partial charge in [-0.25, -0.2) is 0 Å². The molecule has 2 aromatic rings. The maximum atomic E-state index is 12.5. The fraction of sp³-hybridized carbons (Fsp3) is 0.500. The van der Waals surface area contributed by atoms with E-state index in [0.29, 0.717) is 5.82 Å². The maximum Gasteiger partial charge on any atom is 0.243 e. The topological polar surface area (TPSA) is 88.4 Å². The number of rotatable bonds is 5. The summed E-state index contributed by atoms with van der Waals surface area (Å²) < 4.78 is 1.84. The average Bonchev–Trinajstić information content (AvgIpc) is 3.20. The van der Waals surface area contributed by atoms with E-state index in [1.54, 1.807) is 0 Å². The highest BCUT2D eigenvalue weighted by molar-refractivity contribution is 5.87. The van der Waals surface area contributed by atoms with Crippen molar-refractivity contribution in [2.24, 2.45) is 5.92 Å². The standard InChI is InChI=1S/C16H21N5O2/c1-11(22)18-15(12-6-2-3-7-12)16(23)17-10-14-20-19-13-8-4-5-9-21(13)14/h4-5,8-9,12,15H,2-3,6-7,10H2,1H3,(H,17,23)(H,18,22)/t15-/m1/s1. The van der Waals surface area contributed by atoms with Gasteiger partial charge >= 0.3 is 0 Å². The number of carbonyl (C=O) groups is 2.